The Kier molecular flexibility index (Phi) is 4.65. The molecule has 0 amide bonds. The van der Waals surface area contributed by atoms with Gasteiger partial charge in [-0.3, -0.25) is 10.8 Å². The van der Waals surface area contributed by atoms with Crippen molar-refractivity contribution in [1.29, 1.82) is 10.8 Å². The summed E-state index contributed by atoms with van der Waals surface area (Å²) in [7, 11) is 0. The molecular formula is C10H11ClN2OS. The van der Waals surface area contributed by atoms with E-state index in [0.717, 1.165) is 17.3 Å². The average molecular weight is 243 g/mol. The van der Waals surface area contributed by atoms with Crippen molar-refractivity contribution in [1.82, 2.24) is 0 Å². The molecular weight excluding hydrogens is 232 g/mol. The highest BCUT2D eigenvalue weighted by Crippen LogP contribution is 2.12. The van der Waals surface area contributed by atoms with Gasteiger partial charge in [0.05, 0.1) is 5.04 Å². The first-order chi connectivity index (χ1) is 7.08. The predicted octanol–water partition coefficient (Wildman–Crippen LogP) is 3.52. The zero-order valence-corrected chi connectivity index (χ0v) is 9.78. The Morgan fingerprint density at radius 2 is 1.93 bits per heavy atom. The fourth-order valence-corrected chi connectivity index (χ4v) is 1.42. The lowest BCUT2D eigenvalue weighted by Gasteiger charge is -2.05. The van der Waals surface area contributed by atoms with E-state index in [1.54, 1.807) is 19.1 Å². The monoisotopic (exact) mass is 242 g/mol. The van der Waals surface area contributed by atoms with Gasteiger partial charge in [0.25, 0.3) is 0 Å². The van der Waals surface area contributed by atoms with E-state index in [1.165, 1.54) is 0 Å². The van der Waals surface area contributed by atoms with Gasteiger partial charge in [-0.25, -0.2) is 0 Å². The van der Waals surface area contributed by atoms with Crippen molar-refractivity contribution in [3.63, 3.8) is 0 Å². The lowest BCUT2D eigenvalue weighted by atomic mass is 10.2. The van der Waals surface area contributed by atoms with Gasteiger partial charge in [-0.1, -0.05) is 23.7 Å². The maximum atomic E-state index is 7.38. The number of hydrogen-bond acceptors (Lipinski definition) is 4. The van der Waals surface area contributed by atoms with Crippen LogP contribution in [0.5, 0.6) is 0 Å². The first-order valence-corrected chi connectivity index (χ1v) is 5.46. The highest BCUT2D eigenvalue weighted by Gasteiger charge is 2.01. The third kappa shape index (κ3) is 4.85. The molecule has 1 rings (SSSR count). The molecule has 1 aromatic rings. The van der Waals surface area contributed by atoms with Crippen LogP contribution in [0.15, 0.2) is 24.3 Å². The molecule has 0 aromatic heterocycles. The van der Waals surface area contributed by atoms with Crippen molar-refractivity contribution in [2.24, 2.45) is 0 Å². The quantitative estimate of drug-likeness (QED) is 0.616. The number of halogens is 1. The standard InChI is InChI=1S/C10H11ClN2OS/c1-7(12)15-10(13)14-6-8-2-4-9(11)5-3-8/h2-5,12-13H,6H2,1H3. The van der Waals surface area contributed by atoms with Gasteiger partial charge in [-0.15, -0.1) is 0 Å². The van der Waals surface area contributed by atoms with Crippen LogP contribution in [0.25, 0.3) is 0 Å². The van der Waals surface area contributed by atoms with E-state index in [0.29, 0.717) is 16.7 Å². The van der Waals surface area contributed by atoms with Gasteiger partial charge < -0.3 is 4.74 Å². The van der Waals surface area contributed by atoms with Gasteiger partial charge in [-0.2, -0.15) is 0 Å². The minimum atomic E-state index is 0.0393. The Morgan fingerprint density at radius 3 is 2.47 bits per heavy atom. The summed E-state index contributed by atoms with van der Waals surface area (Å²) < 4.78 is 5.14. The van der Waals surface area contributed by atoms with E-state index in [2.05, 4.69) is 0 Å². The van der Waals surface area contributed by atoms with Crippen molar-refractivity contribution in [3.8, 4) is 0 Å². The van der Waals surface area contributed by atoms with Crippen LogP contribution in [-0.4, -0.2) is 10.3 Å². The molecule has 0 spiro atoms. The summed E-state index contributed by atoms with van der Waals surface area (Å²) in [6.45, 7) is 1.95. The van der Waals surface area contributed by atoms with Gasteiger partial charge in [0.2, 0.25) is 5.23 Å². The largest absolute Gasteiger partial charge is 0.468 e. The lowest BCUT2D eigenvalue weighted by Crippen LogP contribution is -2.01. The number of thioether (sulfide) groups is 1. The normalized spacial score (nSPS) is 9.73. The van der Waals surface area contributed by atoms with Crippen molar-refractivity contribution >= 4 is 33.6 Å². The van der Waals surface area contributed by atoms with Crippen LogP contribution in [0.4, 0.5) is 0 Å². The van der Waals surface area contributed by atoms with Crippen LogP contribution in [-0.2, 0) is 11.3 Å². The fourth-order valence-electron chi connectivity index (χ4n) is 0.898. The highest BCUT2D eigenvalue weighted by molar-refractivity contribution is 8.26. The van der Waals surface area contributed by atoms with E-state index in [1.807, 2.05) is 12.1 Å². The molecule has 0 atom stereocenters. The molecule has 0 bridgehead atoms. The number of hydrogen-bond donors (Lipinski definition) is 2. The molecule has 0 radical (unpaired) electrons. The minimum absolute atomic E-state index is 0.0393. The molecule has 0 fully saturated rings. The van der Waals surface area contributed by atoms with Crippen LogP contribution >= 0.6 is 23.4 Å². The van der Waals surface area contributed by atoms with Crippen molar-refractivity contribution in [2.75, 3.05) is 0 Å². The first kappa shape index (κ1) is 12.1. The molecule has 5 heteroatoms. The molecule has 0 aliphatic rings. The molecule has 3 nitrogen and oxygen atoms in total. The van der Waals surface area contributed by atoms with Gasteiger partial charge in [0.15, 0.2) is 0 Å². The molecule has 15 heavy (non-hydrogen) atoms. The van der Waals surface area contributed by atoms with Crippen LogP contribution < -0.4 is 0 Å². The van der Waals surface area contributed by atoms with Gasteiger partial charge in [0.1, 0.15) is 6.61 Å². The van der Waals surface area contributed by atoms with Gasteiger partial charge in [-0.05, 0) is 36.4 Å². The second-order valence-electron chi connectivity index (χ2n) is 2.86. The van der Waals surface area contributed by atoms with Crippen LogP contribution in [0.2, 0.25) is 5.02 Å². The third-order valence-corrected chi connectivity index (χ3v) is 2.39. The molecule has 2 N–H and O–H groups in total. The number of ether oxygens (including phenoxy) is 1. The molecule has 0 saturated carbocycles. The smallest absolute Gasteiger partial charge is 0.249 e. The minimum Gasteiger partial charge on any atom is -0.468 e. The zero-order chi connectivity index (χ0) is 11.3. The number of rotatable bonds is 2. The van der Waals surface area contributed by atoms with E-state index >= 15 is 0 Å². The summed E-state index contributed by atoms with van der Waals surface area (Å²) in [5.41, 5.74) is 0.951. The maximum Gasteiger partial charge on any atom is 0.249 e. The zero-order valence-electron chi connectivity index (χ0n) is 8.21. The van der Waals surface area contributed by atoms with Crippen molar-refractivity contribution in [3.05, 3.63) is 34.9 Å². The SMILES string of the molecule is CC(=N)SC(=N)OCc1ccc(Cl)cc1. The number of benzene rings is 1. The van der Waals surface area contributed by atoms with Crippen LogP contribution in [0.1, 0.15) is 12.5 Å². The Labute approximate surface area is 97.8 Å². The second-order valence-corrected chi connectivity index (χ2v) is 4.48. The Bertz CT molecular complexity index is 364. The maximum absolute atomic E-state index is 7.38. The molecule has 1 aromatic carbocycles. The third-order valence-electron chi connectivity index (χ3n) is 1.53. The molecule has 80 valence electrons. The molecule has 0 aliphatic carbocycles. The predicted molar refractivity (Wildman–Crippen MR) is 65.0 cm³/mol. The molecule has 0 unspecified atom stereocenters. The molecule has 0 saturated heterocycles. The molecule has 0 heterocycles. The Hall–Kier alpha value is -1.00. The highest BCUT2D eigenvalue weighted by atomic mass is 35.5. The Morgan fingerprint density at radius 1 is 1.33 bits per heavy atom. The van der Waals surface area contributed by atoms with Crippen LogP contribution in [0.3, 0.4) is 0 Å². The molecule has 0 aliphatic heterocycles. The fraction of sp³-hybridized carbons (Fsp3) is 0.200. The lowest BCUT2D eigenvalue weighted by molar-refractivity contribution is 0.300. The average Bonchev–Trinajstić information content (AvgIpc) is 2.16. The second kappa shape index (κ2) is 5.78. The summed E-state index contributed by atoms with van der Waals surface area (Å²) in [5.74, 6) is 0. The van der Waals surface area contributed by atoms with E-state index in [4.69, 9.17) is 27.2 Å². The summed E-state index contributed by atoms with van der Waals surface area (Å²) >= 11 is 6.72. The van der Waals surface area contributed by atoms with Gasteiger partial charge in [0, 0.05) is 5.02 Å². The first-order valence-electron chi connectivity index (χ1n) is 4.26. The van der Waals surface area contributed by atoms with Crippen molar-refractivity contribution < 1.29 is 4.74 Å². The summed E-state index contributed by atoms with van der Waals surface area (Å²) in [4.78, 5) is 0. The van der Waals surface area contributed by atoms with Gasteiger partial charge >= 0.3 is 0 Å². The van der Waals surface area contributed by atoms with E-state index < -0.39 is 0 Å². The van der Waals surface area contributed by atoms with E-state index in [-0.39, 0.29) is 5.23 Å². The summed E-state index contributed by atoms with van der Waals surface area (Å²) in [5, 5.41) is 15.6. The summed E-state index contributed by atoms with van der Waals surface area (Å²) in [6.07, 6.45) is 0. The topological polar surface area (TPSA) is 56.9 Å². The van der Waals surface area contributed by atoms with Crippen molar-refractivity contribution in [2.45, 2.75) is 13.5 Å². The number of nitrogens with one attached hydrogen (secondary N) is 2. The summed E-state index contributed by atoms with van der Waals surface area (Å²) in [6, 6.07) is 7.24. The van der Waals surface area contributed by atoms with Crippen LogP contribution in [0, 0.1) is 10.8 Å². The Balaban J connectivity index is 2.40. The van der Waals surface area contributed by atoms with E-state index in [9.17, 15) is 0 Å².